The van der Waals surface area contributed by atoms with Crippen molar-refractivity contribution in [3.05, 3.63) is 42.4 Å². The zero-order chi connectivity index (χ0) is 18.9. The van der Waals surface area contributed by atoms with E-state index in [0.717, 1.165) is 11.6 Å². The van der Waals surface area contributed by atoms with E-state index in [1.807, 2.05) is 0 Å². The summed E-state index contributed by atoms with van der Waals surface area (Å²) < 4.78 is 39.4. The Morgan fingerprint density at radius 2 is 1.92 bits per heavy atom. The largest absolute Gasteiger partial charge is 0.494 e. The fourth-order valence-electron chi connectivity index (χ4n) is 2.47. The van der Waals surface area contributed by atoms with Gasteiger partial charge in [-0.3, -0.25) is 9.40 Å². The van der Waals surface area contributed by atoms with Crippen molar-refractivity contribution in [2.24, 2.45) is 7.05 Å². The number of pyridine rings is 1. The molecular weight excluding hydrogens is 360 g/mol. The molecule has 0 fully saturated rings. The highest BCUT2D eigenvalue weighted by Gasteiger charge is 2.21. The van der Waals surface area contributed by atoms with Gasteiger partial charge in [-0.1, -0.05) is 0 Å². The third-order valence-corrected chi connectivity index (χ3v) is 5.10. The first-order valence-electron chi connectivity index (χ1n) is 7.43. The van der Waals surface area contributed by atoms with Crippen molar-refractivity contribution in [3.63, 3.8) is 0 Å². The molecule has 136 valence electrons. The van der Waals surface area contributed by atoms with Gasteiger partial charge in [-0.25, -0.2) is 18.2 Å². The highest BCUT2D eigenvalue weighted by atomic mass is 32.2. The number of carbonyl (C=O) groups excluding carboxylic acids is 1. The van der Waals surface area contributed by atoms with Crippen LogP contribution in [-0.2, 0) is 21.8 Å². The van der Waals surface area contributed by atoms with E-state index in [4.69, 9.17) is 4.74 Å². The Labute approximate surface area is 149 Å². The van der Waals surface area contributed by atoms with E-state index >= 15 is 0 Å². The average molecular weight is 376 g/mol. The van der Waals surface area contributed by atoms with Crippen LogP contribution in [0.2, 0.25) is 0 Å². The number of hydrogen-bond donors (Lipinski definition) is 1. The molecule has 0 bridgehead atoms. The molecule has 0 atom stereocenters. The van der Waals surface area contributed by atoms with Crippen molar-refractivity contribution in [2.45, 2.75) is 4.90 Å². The van der Waals surface area contributed by atoms with Crippen molar-refractivity contribution in [2.75, 3.05) is 18.9 Å². The molecule has 2 heterocycles. The Morgan fingerprint density at radius 3 is 2.54 bits per heavy atom. The summed E-state index contributed by atoms with van der Waals surface area (Å²) in [4.78, 5) is 15.1. The lowest BCUT2D eigenvalue weighted by molar-refractivity contribution is 0.0594. The fraction of sp³-hybridized carbons (Fsp3) is 0.188. The van der Waals surface area contributed by atoms with Crippen LogP contribution in [0.4, 0.5) is 5.69 Å². The van der Waals surface area contributed by atoms with Crippen LogP contribution in [0.1, 0.15) is 10.5 Å². The molecule has 1 aromatic carbocycles. The lowest BCUT2D eigenvalue weighted by atomic mass is 10.2. The number of nitrogens with one attached hydrogen (secondary N) is 1. The molecule has 0 aliphatic carbocycles. The van der Waals surface area contributed by atoms with Crippen LogP contribution in [0.25, 0.3) is 10.9 Å². The summed E-state index contributed by atoms with van der Waals surface area (Å²) in [6.07, 6.45) is 2.71. The minimum absolute atomic E-state index is 0.0118. The number of anilines is 1. The van der Waals surface area contributed by atoms with Gasteiger partial charge in [0.25, 0.3) is 10.0 Å². The molecule has 0 saturated carbocycles. The first kappa shape index (κ1) is 17.7. The molecule has 9 nitrogen and oxygen atoms in total. The molecule has 3 rings (SSSR count). The number of hydrogen-bond acceptors (Lipinski definition) is 7. The lowest BCUT2D eigenvalue weighted by Crippen LogP contribution is -2.15. The van der Waals surface area contributed by atoms with Gasteiger partial charge in [0.15, 0.2) is 0 Å². The molecule has 2 aromatic heterocycles. The van der Waals surface area contributed by atoms with Crippen molar-refractivity contribution in [1.29, 1.82) is 0 Å². The number of aromatic nitrogens is 3. The molecule has 26 heavy (non-hydrogen) atoms. The standard InChI is InChI=1S/C16H16N4O5S/c1-20-15-10(8-18-20)4-7-13(24-2)14(15)19-26(22,23)11-5-6-12(17-9-11)16(21)25-3/h4-9,19H,1-3H3. The SMILES string of the molecule is COC(=O)c1ccc(S(=O)(=O)Nc2c(OC)ccc3cnn(C)c23)cn1. The van der Waals surface area contributed by atoms with Gasteiger partial charge < -0.3 is 9.47 Å². The maximum atomic E-state index is 12.7. The zero-order valence-corrected chi connectivity index (χ0v) is 15.1. The first-order valence-corrected chi connectivity index (χ1v) is 8.91. The zero-order valence-electron chi connectivity index (χ0n) is 14.3. The second-order valence-corrected chi connectivity index (χ2v) is 7.01. The maximum absolute atomic E-state index is 12.7. The lowest BCUT2D eigenvalue weighted by Gasteiger charge is -2.13. The average Bonchev–Trinajstić information content (AvgIpc) is 3.02. The molecule has 0 saturated heterocycles. The molecule has 0 amide bonds. The topological polar surface area (TPSA) is 112 Å². The van der Waals surface area contributed by atoms with E-state index in [-0.39, 0.29) is 16.3 Å². The van der Waals surface area contributed by atoms with E-state index in [9.17, 15) is 13.2 Å². The monoisotopic (exact) mass is 376 g/mol. The van der Waals surface area contributed by atoms with Gasteiger partial charge in [0.1, 0.15) is 22.0 Å². The van der Waals surface area contributed by atoms with Gasteiger partial charge in [0.05, 0.1) is 25.9 Å². The second-order valence-electron chi connectivity index (χ2n) is 5.33. The highest BCUT2D eigenvalue weighted by molar-refractivity contribution is 7.92. The first-order chi connectivity index (χ1) is 12.4. The predicted octanol–water partition coefficient (Wildman–Crippen LogP) is 1.56. The minimum Gasteiger partial charge on any atom is -0.494 e. The summed E-state index contributed by atoms with van der Waals surface area (Å²) in [5, 5.41) is 4.89. The summed E-state index contributed by atoms with van der Waals surface area (Å²) in [7, 11) is 0.399. The van der Waals surface area contributed by atoms with Crippen LogP contribution >= 0.6 is 0 Å². The van der Waals surface area contributed by atoms with Crippen molar-refractivity contribution in [1.82, 2.24) is 14.8 Å². The smallest absolute Gasteiger partial charge is 0.356 e. The second kappa shape index (κ2) is 6.64. The summed E-state index contributed by atoms with van der Waals surface area (Å²) in [6.45, 7) is 0. The number of ether oxygens (including phenoxy) is 2. The third kappa shape index (κ3) is 3.06. The summed E-state index contributed by atoms with van der Waals surface area (Å²) in [5.41, 5.74) is 0.854. The molecular formula is C16H16N4O5S. The Kier molecular flexibility index (Phi) is 4.51. The molecule has 0 aliphatic rings. The Balaban J connectivity index is 2.04. The Morgan fingerprint density at radius 1 is 1.15 bits per heavy atom. The molecule has 3 aromatic rings. The summed E-state index contributed by atoms with van der Waals surface area (Å²) in [6, 6.07) is 5.99. The van der Waals surface area contributed by atoms with Gasteiger partial charge in [-0.05, 0) is 24.3 Å². The number of esters is 1. The predicted molar refractivity (Wildman–Crippen MR) is 93.7 cm³/mol. The number of nitrogens with zero attached hydrogens (tertiary/aromatic N) is 3. The summed E-state index contributed by atoms with van der Waals surface area (Å²) in [5.74, 6) is -0.299. The van der Waals surface area contributed by atoms with Crippen LogP contribution in [0.3, 0.4) is 0 Å². The summed E-state index contributed by atoms with van der Waals surface area (Å²) >= 11 is 0. The van der Waals surface area contributed by atoms with Gasteiger partial charge in [0, 0.05) is 18.6 Å². The van der Waals surface area contributed by atoms with Crippen molar-refractivity contribution < 1.29 is 22.7 Å². The van der Waals surface area contributed by atoms with Crippen LogP contribution in [0, 0.1) is 0 Å². The Hall–Kier alpha value is -3.14. The third-order valence-electron chi connectivity index (χ3n) is 3.76. The normalized spacial score (nSPS) is 11.3. The van der Waals surface area contributed by atoms with Gasteiger partial charge in [-0.2, -0.15) is 5.10 Å². The van der Waals surface area contributed by atoms with E-state index in [1.165, 1.54) is 26.4 Å². The van der Waals surface area contributed by atoms with E-state index in [1.54, 1.807) is 30.1 Å². The number of rotatable bonds is 5. The van der Waals surface area contributed by atoms with Crippen LogP contribution in [-0.4, -0.2) is 43.4 Å². The molecule has 0 radical (unpaired) electrons. The van der Waals surface area contributed by atoms with E-state index < -0.39 is 16.0 Å². The van der Waals surface area contributed by atoms with Crippen molar-refractivity contribution in [3.8, 4) is 5.75 Å². The van der Waals surface area contributed by atoms with Gasteiger partial charge >= 0.3 is 5.97 Å². The number of sulfonamides is 1. The minimum atomic E-state index is -3.97. The molecule has 0 spiro atoms. The van der Waals surface area contributed by atoms with E-state index in [0.29, 0.717) is 11.3 Å². The van der Waals surface area contributed by atoms with Gasteiger partial charge in [-0.15, -0.1) is 0 Å². The van der Waals surface area contributed by atoms with Crippen LogP contribution in [0.5, 0.6) is 5.75 Å². The van der Waals surface area contributed by atoms with E-state index in [2.05, 4.69) is 19.5 Å². The van der Waals surface area contributed by atoms with Crippen LogP contribution in [0.15, 0.2) is 41.6 Å². The molecule has 1 N–H and O–H groups in total. The Bertz CT molecular complexity index is 1070. The van der Waals surface area contributed by atoms with Crippen LogP contribution < -0.4 is 9.46 Å². The highest BCUT2D eigenvalue weighted by Crippen LogP contribution is 2.34. The number of carbonyl (C=O) groups is 1. The number of aryl methyl sites for hydroxylation is 1. The van der Waals surface area contributed by atoms with Crippen molar-refractivity contribution >= 4 is 32.6 Å². The number of fused-ring (bicyclic) bond motifs is 1. The maximum Gasteiger partial charge on any atom is 0.356 e. The molecule has 0 unspecified atom stereocenters. The molecule has 0 aliphatic heterocycles. The number of benzene rings is 1. The van der Waals surface area contributed by atoms with Gasteiger partial charge in [0.2, 0.25) is 0 Å². The fourth-order valence-corrected chi connectivity index (χ4v) is 3.50. The molecule has 10 heteroatoms. The number of methoxy groups -OCH3 is 2. The quantitative estimate of drug-likeness (QED) is 0.673.